The standard InChI is InChI=1S/C21H43NO3/c1-4-5-6-7-11-14-17-22-25-21(24)16-13-10-8-9-12-15-20(23)18-19(2)3/h19-20,22-23H,4-18H2,1-3H3. The Morgan fingerprint density at radius 3 is 2.20 bits per heavy atom. The van der Waals surface area contributed by atoms with Gasteiger partial charge in [0.25, 0.3) is 0 Å². The molecule has 0 fully saturated rings. The van der Waals surface area contributed by atoms with Crippen LogP contribution in [0, 0.1) is 5.92 Å². The van der Waals surface area contributed by atoms with E-state index in [1.165, 1.54) is 32.1 Å². The molecular formula is C21H43NO3. The Balaban J connectivity index is 3.25. The minimum Gasteiger partial charge on any atom is -0.393 e. The Labute approximate surface area is 156 Å². The molecule has 25 heavy (non-hydrogen) atoms. The second-order valence-corrected chi connectivity index (χ2v) is 7.73. The van der Waals surface area contributed by atoms with E-state index in [2.05, 4.69) is 26.3 Å². The molecule has 0 aromatic rings. The number of aliphatic hydroxyl groups excluding tert-OH is 1. The van der Waals surface area contributed by atoms with E-state index in [1.54, 1.807) is 0 Å². The smallest absolute Gasteiger partial charge is 0.324 e. The van der Waals surface area contributed by atoms with Gasteiger partial charge < -0.3 is 9.94 Å². The quantitative estimate of drug-likeness (QED) is 0.250. The molecule has 0 amide bonds. The molecule has 1 atom stereocenters. The highest BCUT2D eigenvalue weighted by atomic mass is 16.7. The molecule has 0 aromatic carbocycles. The number of hydrogen-bond donors (Lipinski definition) is 2. The second kappa shape index (κ2) is 18.2. The van der Waals surface area contributed by atoms with Crippen LogP contribution in [0.3, 0.4) is 0 Å². The van der Waals surface area contributed by atoms with Crippen molar-refractivity contribution in [1.82, 2.24) is 5.48 Å². The van der Waals surface area contributed by atoms with E-state index < -0.39 is 0 Å². The van der Waals surface area contributed by atoms with Gasteiger partial charge in [0.2, 0.25) is 0 Å². The Morgan fingerprint density at radius 2 is 1.52 bits per heavy atom. The highest BCUT2D eigenvalue weighted by molar-refractivity contribution is 5.68. The van der Waals surface area contributed by atoms with Gasteiger partial charge in [0.05, 0.1) is 6.10 Å². The lowest BCUT2D eigenvalue weighted by Crippen LogP contribution is -2.20. The third kappa shape index (κ3) is 19.6. The van der Waals surface area contributed by atoms with Gasteiger partial charge in [-0.15, -0.1) is 0 Å². The summed E-state index contributed by atoms with van der Waals surface area (Å²) in [6.07, 6.45) is 14.9. The van der Waals surface area contributed by atoms with Crippen LogP contribution in [0.2, 0.25) is 0 Å². The maximum absolute atomic E-state index is 11.6. The highest BCUT2D eigenvalue weighted by Crippen LogP contribution is 2.13. The molecule has 0 radical (unpaired) electrons. The molecule has 0 spiro atoms. The highest BCUT2D eigenvalue weighted by Gasteiger charge is 2.06. The van der Waals surface area contributed by atoms with Gasteiger partial charge in [-0.3, -0.25) is 4.79 Å². The molecule has 0 aromatic heterocycles. The minimum absolute atomic E-state index is 0.140. The molecule has 0 saturated heterocycles. The van der Waals surface area contributed by atoms with Gasteiger partial charge in [-0.25, -0.2) is 0 Å². The lowest BCUT2D eigenvalue weighted by molar-refractivity contribution is -0.151. The van der Waals surface area contributed by atoms with Crippen molar-refractivity contribution in [3.05, 3.63) is 0 Å². The number of unbranched alkanes of at least 4 members (excludes halogenated alkanes) is 9. The van der Waals surface area contributed by atoms with Crippen molar-refractivity contribution in [2.75, 3.05) is 6.54 Å². The van der Waals surface area contributed by atoms with Crippen molar-refractivity contribution in [1.29, 1.82) is 0 Å². The van der Waals surface area contributed by atoms with Crippen LogP contribution in [0.4, 0.5) is 0 Å². The second-order valence-electron chi connectivity index (χ2n) is 7.73. The Morgan fingerprint density at radius 1 is 0.920 bits per heavy atom. The van der Waals surface area contributed by atoms with E-state index in [0.717, 1.165) is 57.9 Å². The lowest BCUT2D eigenvalue weighted by Gasteiger charge is -2.12. The average molecular weight is 358 g/mol. The Kier molecular flexibility index (Phi) is 17.7. The van der Waals surface area contributed by atoms with Crippen LogP contribution in [0.5, 0.6) is 0 Å². The van der Waals surface area contributed by atoms with Crippen molar-refractivity contribution < 1.29 is 14.7 Å². The average Bonchev–Trinajstić information content (AvgIpc) is 2.55. The summed E-state index contributed by atoms with van der Waals surface area (Å²) in [5.41, 5.74) is 2.79. The van der Waals surface area contributed by atoms with Crippen LogP contribution in [0.15, 0.2) is 0 Å². The summed E-state index contributed by atoms with van der Waals surface area (Å²) in [5.74, 6) is 0.425. The number of nitrogens with one attached hydrogen (secondary N) is 1. The van der Waals surface area contributed by atoms with Crippen molar-refractivity contribution in [2.45, 2.75) is 117 Å². The van der Waals surface area contributed by atoms with Crippen molar-refractivity contribution in [2.24, 2.45) is 5.92 Å². The first-order valence-corrected chi connectivity index (χ1v) is 10.7. The van der Waals surface area contributed by atoms with Crippen LogP contribution in [0.25, 0.3) is 0 Å². The first-order chi connectivity index (χ1) is 12.1. The van der Waals surface area contributed by atoms with Gasteiger partial charge >= 0.3 is 5.97 Å². The summed E-state index contributed by atoms with van der Waals surface area (Å²) in [4.78, 5) is 16.6. The van der Waals surface area contributed by atoms with E-state index in [4.69, 9.17) is 4.84 Å². The monoisotopic (exact) mass is 357 g/mol. The first-order valence-electron chi connectivity index (χ1n) is 10.7. The SMILES string of the molecule is CCCCCCCCNOC(=O)CCCCCCCC(O)CC(C)C. The molecule has 4 heteroatoms. The van der Waals surface area contributed by atoms with Crippen molar-refractivity contribution >= 4 is 5.97 Å². The first kappa shape index (κ1) is 24.4. The summed E-state index contributed by atoms with van der Waals surface area (Å²) in [6, 6.07) is 0. The fourth-order valence-electron chi connectivity index (χ4n) is 3.00. The molecule has 0 bridgehead atoms. The van der Waals surface area contributed by atoms with Crippen LogP contribution in [-0.2, 0) is 9.63 Å². The normalized spacial score (nSPS) is 12.5. The summed E-state index contributed by atoms with van der Waals surface area (Å²) in [5, 5.41) is 9.80. The predicted molar refractivity (Wildman–Crippen MR) is 105 cm³/mol. The predicted octanol–water partition coefficient (Wildman–Crippen LogP) is 5.53. The van der Waals surface area contributed by atoms with Gasteiger partial charge in [0, 0.05) is 13.0 Å². The third-order valence-electron chi connectivity index (χ3n) is 4.48. The molecule has 0 aliphatic carbocycles. The van der Waals surface area contributed by atoms with E-state index in [-0.39, 0.29) is 12.1 Å². The molecule has 150 valence electrons. The van der Waals surface area contributed by atoms with Gasteiger partial charge in [-0.2, -0.15) is 5.48 Å². The van der Waals surface area contributed by atoms with E-state index in [1.807, 2.05) is 0 Å². The van der Waals surface area contributed by atoms with Crippen LogP contribution >= 0.6 is 0 Å². The molecule has 0 aliphatic heterocycles. The number of carbonyl (C=O) groups is 1. The molecule has 0 aliphatic rings. The van der Waals surface area contributed by atoms with Crippen molar-refractivity contribution in [3.63, 3.8) is 0 Å². The minimum atomic E-state index is -0.146. The van der Waals surface area contributed by atoms with E-state index in [0.29, 0.717) is 12.3 Å². The molecule has 4 nitrogen and oxygen atoms in total. The Hall–Kier alpha value is -0.610. The molecule has 0 saturated carbocycles. The topological polar surface area (TPSA) is 58.6 Å². The number of carbonyl (C=O) groups excluding carboxylic acids is 1. The molecule has 0 heterocycles. The van der Waals surface area contributed by atoms with Gasteiger partial charge in [-0.1, -0.05) is 78.6 Å². The van der Waals surface area contributed by atoms with Crippen molar-refractivity contribution in [3.8, 4) is 0 Å². The Bertz CT molecular complexity index is 295. The maximum Gasteiger partial charge on any atom is 0.324 e. The van der Waals surface area contributed by atoms with Crippen LogP contribution < -0.4 is 5.48 Å². The van der Waals surface area contributed by atoms with Gasteiger partial charge in [0.15, 0.2) is 0 Å². The number of aliphatic hydroxyl groups is 1. The summed E-state index contributed by atoms with van der Waals surface area (Å²) >= 11 is 0. The molecule has 1 unspecified atom stereocenters. The lowest BCUT2D eigenvalue weighted by atomic mass is 10.0. The zero-order chi connectivity index (χ0) is 18.8. The van der Waals surface area contributed by atoms with Gasteiger partial charge in [-0.05, 0) is 31.6 Å². The van der Waals surface area contributed by atoms with E-state index in [9.17, 15) is 9.90 Å². The molecule has 0 rings (SSSR count). The number of rotatable bonds is 18. The summed E-state index contributed by atoms with van der Waals surface area (Å²) in [6.45, 7) is 7.27. The number of hydroxylamine groups is 1. The zero-order valence-corrected chi connectivity index (χ0v) is 17.0. The van der Waals surface area contributed by atoms with E-state index >= 15 is 0 Å². The molecular weight excluding hydrogens is 314 g/mol. The number of hydrogen-bond acceptors (Lipinski definition) is 4. The summed E-state index contributed by atoms with van der Waals surface area (Å²) < 4.78 is 0. The van der Waals surface area contributed by atoms with Crippen LogP contribution in [0.1, 0.15) is 111 Å². The maximum atomic E-state index is 11.6. The third-order valence-corrected chi connectivity index (χ3v) is 4.48. The molecule has 2 N–H and O–H groups in total. The summed E-state index contributed by atoms with van der Waals surface area (Å²) in [7, 11) is 0. The zero-order valence-electron chi connectivity index (χ0n) is 17.0. The fourth-order valence-corrected chi connectivity index (χ4v) is 3.00. The fraction of sp³-hybridized carbons (Fsp3) is 0.952. The largest absolute Gasteiger partial charge is 0.393 e. The van der Waals surface area contributed by atoms with Crippen LogP contribution in [-0.4, -0.2) is 23.7 Å². The van der Waals surface area contributed by atoms with Gasteiger partial charge in [0.1, 0.15) is 0 Å².